The second-order valence-electron chi connectivity index (χ2n) is 11.7. The second-order valence-corrected chi connectivity index (χ2v) is 13.2. The van der Waals surface area contributed by atoms with Crippen LogP contribution in [0, 0.1) is 0 Å². The summed E-state index contributed by atoms with van der Waals surface area (Å²) in [4.78, 5) is 22.5. The summed E-state index contributed by atoms with van der Waals surface area (Å²) in [6, 6.07) is -0.869. The Labute approximate surface area is 264 Å². The van der Waals surface area contributed by atoms with Gasteiger partial charge >= 0.3 is 7.82 Å². The molecule has 0 radical (unpaired) electrons. The Morgan fingerprint density at radius 3 is 1.79 bits per heavy atom. The third-order valence-corrected chi connectivity index (χ3v) is 8.51. The van der Waals surface area contributed by atoms with E-state index < -0.39 is 20.0 Å². The van der Waals surface area contributed by atoms with E-state index in [1.807, 2.05) is 6.08 Å². The highest BCUT2D eigenvalue weighted by atomic mass is 31.2. The zero-order valence-corrected chi connectivity index (χ0v) is 28.6. The number of nitrogens with one attached hydrogen (secondary N) is 1. The molecular weight excluding hydrogens is 563 g/mol. The number of aliphatic hydroxyl groups is 1. The van der Waals surface area contributed by atoms with Gasteiger partial charge in [-0.25, -0.2) is 4.57 Å². The number of carbonyl (C=O) groups excluding carboxylic acids is 1. The van der Waals surface area contributed by atoms with Crippen molar-refractivity contribution in [2.24, 2.45) is 5.73 Å². The SMILES string of the molecule is CCCCCCC/C=C/CC/C=C/C(O)C(COP(=O)(O)OCCN)NC(=O)CCCCCCCCCCCCCCC. The van der Waals surface area contributed by atoms with Crippen molar-refractivity contribution in [2.45, 2.75) is 167 Å². The largest absolute Gasteiger partial charge is 0.472 e. The predicted molar refractivity (Wildman–Crippen MR) is 180 cm³/mol. The van der Waals surface area contributed by atoms with Gasteiger partial charge in [-0.05, 0) is 32.1 Å². The molecule has 9 heteroatoms. The van der Waals surface area contributed by atoms with E-state index in [-0.39, 0.29) is 25.7 Å². The van der Waals surface area contributed by atoms with Gasteiger partial charge in [0, 0.05) is 13.0 Å². The van der Waals surface area contributed by atoms with Crippen molar-refractivity contribution >= 4 is 13.7 Å². The van der Waals surface area contributed by atoms with Crippen LogP contribution in [0.5, 0.6) is 0 Å². The number of carbonyl (C=O) groups is 1. The van der Waals surface area contributed by atoms with Crippen LogP contribution in [0.4, 0.5) is 0 Å². The van der Waals surface area contributed by atoms with Crippen LogP contribution >= 0.6 is 7.82 Å². The number of hydrogen-bond acceptors (Lipinski definition) is 6. The molecule has 43 heavy (non-hydrogen) atoms. The number of nitrogens with two attached hydrogens (primary N) is 1. The molecule has 0 saturated carbocycles. The minimum absolute atomic E-state index is 0.0753. The van der Waals surface area contributed by atoms with Crippen LogP contribution < -0.4 is 11.1 Å². The Kier molecular flexibility index (Phi) is 30.2. The van der Waals surface area contributed by atoms with Crippen LogP contribution in [0.1, 0.15) is 155 Å². The minimum atomic E-state index is -4.33. The minimum Gasteiger partial charge on any atom is -0.387 e. The molecule has 0 saturated heterocycles. The first-order chi connectivity index (χ1) is 20.9. The lowest BCUT2D eigenvalue weighted by atomic mass is 10.0. The van der Waals surface area contributed by atoms with Gasteiger partial charge in [0.2, 0.25) is 5.91 Å². The molecule has 0 fully saturated rings. The lowest BCUT2D eigenvalue weighted by molar-refractivity contribution is -0.123. The molecule has 3 atom stereocenters. The van der Waals surface area contributed by atoms with Crippen LogP contribution in [0.3, 0.4) is 0 Å². The molecule has 254 valence electrons. The van der Waals surface area contributed by atoms with E-state index in [1.165, 1.54) is 96.3 Å². The standard InChI is InChI=1S/C34H67N2O6P/c1-3-5-7-9-11-13-15-16-18-20-22-24-26-28-34(38)36-32(31-42-43(39,40)41-30-29-35)33(37)27-25-23-21-19-17-14-12-10-8-6-4-2/h17,19,25,27,32-33,37H,3-16,18,20-24,26,28-31,35H2,1-2H3,(H,36,38)(H,39,40)/b19-17+,27-25+. The zero-order valence-electron chi connectivity index (χ0n) is 27.7. The van der Waals surface area contributed by atoms with Gasteiger partial charge in [-0.2, -0.15) is 0 Å². The summed E-state index contributed by atoms with van der Waals surface area (Å²) < 4.78 is 21.9. The highest BCUT2D eigenvalue weighted by molar-refractivity contribution is 7.47. The predicted octanol–water partition coefficient (Wildman–Crippen LogP) is 8.66. The molecular formula is C34H67N2O6P. The maximum Gasteiger partial charge on any atom is 0.472 e. The van der Waals surface area contributed by atoms with Gasteiger partial charge in [-0.15, -0.1) is 0 Å². The van der Waals surface area contributed by atoms with Gasteiger partial charge in [0.1, 0.15) is 0 Å². The number of aliphatic hydroxyl groups excluding tert-OH is 1. The van der Waals surface area contributed by atoms with Gasteiger partial charge in [0.25, 0.3) is 0 Å². The van der Waals surface area contributed by atoms with Crippen LogP contribution in [-0.2, 0) is 18.4 Å². The Balaban J connectivity index is 4.40. The molecule has 0 rings (SSSR count). The fourth-order valence-electron chi connectivity index (χ4n) is 4.85. The molecule has 1 amide bonds. The van der Waals surface area contributed by atoms with Crippen LogP contribution in [0.15, 0.2) is 24.3 Å². The molecule has 0 aromatic carbocycles. The van der Waals surface area contributed by atoms with E-state index in [0.717, 1.165) is 38.5 Å². The lowest BCUT2D eigenvalue weighted by Crippen LogP contribution is -2.45. The van der Waals surface area contributed by atoms with Crippen LogP contribution in [-0.4, -0.2) is 47.8 Å². The highest BCUT2D eigenvalue weighted by Gasteiger charge is 2.26. The van der Waals surface area contributed by atoms with E-state index in [4.69, 9.17) is 14.8 Å². The third-order valence-electron chi connectivity index (χ3n) is 7.53. The summed E-state index contributed by atoms with van der Waals surface area (Å²) in [5.74, 6) is -0.207. The molecule has 0 aliphatic carbocycles. The fourth-order valence-corrected chi connectivity index (χ4v) is 5.61. The van der Waals surface area contributed by atoms with Crippen molar-refractivity contribution in [1.29, 1.82) is 0 Å². The summed E-state index contributed by atoms with van der Waals surface area (Å²) in [6.07, 6.45) is 32.2. The molecule has 0 heterocycles. The summed E-state index contributed by atoms with van der Waals surface area (Å²) >= 11 is 0. The third kappa shape index (κ3) is 29.5. The summed E-state index contributed by atoms with van der Waals surface area (Å²) in [6.45, 7) is 4.06. The van der Waals surface area contributed by atoms with Crippen molar-refractivity contribution < 1.29 is 28.4 Å². The number of phosphoric acid groups is 1. The van der Waals surface area contributed by atoms with Gasteiger partial charge < -0.3 is 21.1 Å². The molecule has 0 bridgehead atoms. The number of hydrogen-bond donors (Lipinski definition) is 4. The number of amides is 1. The Bertz CT molecular complexity index is 734. The van der Waals surface area contributed by atoms with Crippen molar-refractivity contribution in [2.75, 3.05) is 19.8 Å². The van der Waals surface area contributed by atoms with Gasteiger partial charge in [0.15, 0.2) is 0 Å². The number of rotatable bonds is 32. The summed E-state index contributed by atoms with van der Waals surface area (Å²) in [5, 5.41) is 13.5. The van der Waals surface area contributed by atoms with Crippen molar-refractivity contribution in [3.8, 4) is 0 Å². The maximum absolute atomic E-state index is 12.6. The summed E-state index contributed by atoms with van der Waals surface area (Å²) in [7, 11) is -4.33. The molecule has 8 nitrogen and oxygen atoms in total. The first-order valence-electron chi connectivity index (χ1n) is 17.5. The maximum atomic E-state index is 12.6. The molecule has 0 aromatic rings. The quantitative estimate of drug-likeness (QED) is 0.0332. The second kappa shape index (κ2) is 31.0. The normalized spacial score (nSPS) is 14.8. The Morgan fingerprint density at radius 1 is 0.744 bits per heavy atom. The molecule has 0 aliphatic rings. The van der Waals surface area contributed by atoms with Gasteiger partial charge in [-0.3, -0.25) is 13.8 Å². The average Bonchev–Trinajstić information content (AvgIpc) is 2.99. The van der Waals surface area contributed by atoms with E-state index in [1.54, 1.807) is 6.08 Å². The topological polar surface area (TPSA) is 131 Å². The van der Waals surface area contributed by atoms with E-state index in [2.05, 4.69) is 31.3 Å². The van der Waals surface area contributed by atoms with E-state index >= 15 is 0 Å². The van der Waals surface area contributed by atoms with Crippen molar-refractivity contribution in [3.05, 3.63) is 24.3 Å². The van der Waals surface area contributed by atoms with E-state index in [0.29, 0.717) is 6.42 Å². The van der Waals surface area contributed by atoms with Crippen molar-refractivity contribution in [3.63, 3.8) is 0 Å². The average molecular weight is 631 g/mol. The van der Waals surface area contributed by atoms with Crippen LogP contribution in [0.25, 0.3) is 0 Å². The number of allylic oxidation sites excluding steroid dienone is 3. The molecule has 0 aromatic heterocycles. The Hall–Kier alpha value is -1.02. The molecule has 5 N–H and O–H groups in total. The number of unbranched alkanes of at least 4 members (excludes halogenated alkanes) is 18. The fraction of sp³-hybridized carbons (Fsp3) is 0.853. The molecule has 0 aliphatic heterocycles. The highest BCUT2D eigenvalue weighted by Crippen LogP contribution is 2.43. The first kappa shape index (κ1) is 42.0. The summed E-state index contributed by atoms with van der Waals surface area (Å²) in [5.41, 5.74) is 5.34. The first-order valence-corrected chi connectivity index (χ1v) is 19.0. The smallest absolute Gasteiger partial charge is 0.387 e. The number of phosphoric ester groups is 1. The molecule has 3 unspecified atom stereocenters. The Morgan fingerprint density at radius 2 is 1.23 bits per heavy atom. The molecule has 0 spiro atoms. The lowest BCUT2D eigenvalue weighted by Gasteiger charge is -2.23. The van der Waals surface area contributed by atoms with Crippen molar-refractivity contribution in [1.82, 2.24) is 5.32 Å². The monoisotopic (exact) mass is 630 g/mol. The van der Waals surface area contributed by atoms with E-state index in [9.17, 15) is 19.4 Å². The van der Waals surface area contributed by atoms with Crippen LogP contribution in [0.2, 0.25) is 0 Å². The van der Waals surface area contributed by atoms with Gasteiger partial charge in [-0.1, -0.05) is 141 Å². The zero-order chi connectivity index (χ0) is 31.9. The van der Waals surface area contributed by atoms with Gasteiger partial charge in [0.05, 0.1) is 25.4 Å².